The lowest BCUT2D eigenvalue weighted by molar-refractivity contribution is -0.305. The molecule has 0 radical (unpaired) electrons. The quantitative estimate of drug-likeness (QED) is 0.386. The van der Waals surface area contributed by atoms with Crippen LogP contribution in [0.25, 0.3) is 0 Å². The molecule has 6 nitrogen and oxygen atoms in total. The third kappa shape index (κ3) is 6.23. The van der Waals surface area contributed by atoms with E-state index in [-0.39, 0.29) is 25.1 Å². The lowest BCUT2D eigenvalue weighted by Gasteiger charge is -2.11. The van der Waals surface area contributed by atoms with E-state index in [4.69, 9.17) is 4.84 Å². The number of benzene rings is 1. The molecule has 0 aliphatic carbocycles. The van der Waals surface area contributed by atoms with Gasteiger partial charge >= 0.3 is 6.18 Å². The maximum absolute atomic E-state index is 12.9. The first-order valence-electron chi connectivity index (χ1n) is 7.88. The maximum atomic E-state index is 12.9. The Morgan fingerprint density at radius 2 is 2.12 bits per heavy atom. The van der Waals surface area contributed by atoms with E-state index in [0.717, 1.165) is 12.1 Å². The Balaban J connectivity index is 2.11. The van der Waals surface area contributed by atoms with E-state index in [1.54, 1.807) is 17.0 Å². The highest BCUT2D eigenvalue weighted by atomic mass is 19.4. The summed E-state index contributed by atoms with van der Waals surface area (Å²) in [7, 11) is 0. The Labute approximate surface area is 147 Å². The number of hydrogen-bond acceptors (Lipinski definition) is 5. The van der Waals surface area contributed by atoms with Crippen LogP contribution in [-0.2, 0) is 22.4 Å². The number of alkyl halides is 3. The van der Waals surface area contributed by atoms with Crippen molar-refractivity contribution in [3.8, 4) is 0 Å². The SMILES string of the molecule is O=C([O-])CCCCO/N=C(\Cn1ccnc1)c1cccc(C(F)(F)F)c1. The first-order valence-corrected chi connectivity index (χ1v) is 7.88. The van der Waals surface area contributed by atoms with Crippen molar-refractivity contribution >= 4 is 11.7 Å². The minimum Gasteiger partial charge on any atom is -0.550 e. The maximum Gasteiger partial charge on any atom is 0.416 e. The second kappa shape index (κ2) is 9.02. The van der Waals surface area contributed by atoms with E-state index in [0.29, 0.717) is 18.6 Å². The first-order chi connectivity index (χ1) is 12.4. The highest BCUT2D eigenvalue weighted by Crippen LogP contribution is 2.29. The molecule has 0 aliphatic rings. The van der Waals surface area contributed by atoms with Gasteiger partial charge < -0.3 is 19.3 Å². The molecule has 0 spiro atoms. The van der Waals surface area contributed by atoms with Gasteiger partial charge in [0.1, 0.15) is 12.3 Å². The molecule has 2 rings (SSSR count). The number of hydrogen-bond donors (Lipinski definition) is 0. The predicted octanol–water partition coefficient (Wildman–Crippen LogP) is 2.24. The zero-order valence-corrected chi connectivity index (χ0v) is 13.8. The van der Waals surface area contributed by atoms with E-state index in [2.05, 4.69) is 10.1 Å². The largest absolute Gasteiger partial charge is 0.550 e. The standard InChI is InChI=1S/C17H18F3N3O3/c18-17(19,20)14-5-3-4-13(10-14)15(11-23-8-7-21-12-23)22-26-9-2-1-6-16(24)25/h3-5,7-8,10,12H,1-2,6,9,11H2,(H,24,25)/p-1/b22-15+. The van der Waals surface area contributed by atoms with Crippen LogP contribution >= 0.6 is 0 Å². The van der Waals surface area contributed by atoms with Crippen molar-refractivity contribution in [1.29, 1.82) is 0 Å². The molecule has 0 atom stereocenters. The molecular weight excluding hydrogens is 351 g/mol. The number of aliphatic carboxylic acids is 1. The summed E-state index contributed by atoms with van der Waals surface area (Å²) >= 11 is 0. The van der Waals surface area contributed by atoms with Crippen molar-refractivity contribution in [2.45, 2.75) is 32.0 Å². The van der Waals surface area contributed by atoms with Crippen LogP contribution in [0, 0.1) is 0 Å². The van der Waals surface area contributed by atoms with Gasteiger partial charge in [-0.05, 0) is 31.4 Å². The summed E-state index contributed by atoms with van der Waals surface area (Å²) in [5.74, 6) is -1.14. The molecule has 0 bridgehead atoms. The van der Waals surface area contributed by atoms with Crippen LogP contribution in [0.1, 0.15) is 30.4 Å². The molecule has 1 aromatic carbocycles. The molecule has 0 aliphatic heterocycles. The Morgan fingerprint density at radius 3 is 2.77 bits per heavy atom. The Morgan fingerprint density at radius 1 is 1.31 bits per heavy atom. The number of carboxylic acids is 1. The highest BCUT2D eigenvalue weighted by molar-refractivity contribution is 6.00. The number of carboxylic acid groups (broad SMARTS) is 1. The highest BCUT2D eigenvalue weighted by Gasteiger charge is 2.30. The Hall–Kier alpha value is -2.84. The number of oxime groups is 1. The fourth-order valence-electron chi connectivity index (χ4n) is 2.16. The molecule has 0 N–H and O–H groups in total. The summed E-state index contributed by atoms with van der Waals surface area (Å²) in [5.41, 5.74) is -0.195. The predicted molar refractivity (Wildman–Crippen MR) is 85.0 cm³/mol. The summed E-state index contributed by atoms with van der Waals surface area (Å²) in [6.45, 7) is 0.333. The van der Waals surface area contributed by atoms with Crippen molar-refractivity contribution in [2.24, 2.45) is 5.16 Å². The van der Waals surface area contributed by atoms with Crippen LogP contribution in [0.15, 0.2) is 48.1 Å². The van der Waals surface area contributed by atoms with Crippen molar-refractivity contribution in [3.05, 3.63) is 54.1 Å². The second-order valence-electron chi connectivity index (χ2n) is 5.51. The smallest absolute Gasteiger partial charge is 0.416 e. The van der Waals surface area contributed by atoms with Crippen LogP contribution in [0.3, 0.4) is 0 Å². The number of carbonyl (C=O) groups excluding carboxylic acids is 1. The van der Waals surface area contributed by atoms with Gasteiger partial charge in [-0.3, -0.25) is 0 Å². The normalized spacial score (nSPS) is 12.2. The summed E-state index contributed by atoms with van der Waals surface area (Å²) in [4.78, 5) is 19.4. The summed E-state index contributed by atoms with van der Waals surface area (Å²) < 4.78 is 40.4. The van der Waals surface area contributed by atoms with Gasteiger partial charge in [0, 0.05) is 23.9 Å². The van der Waals surface area contributed by atoms with Crippen LogP contribution in [-0.4, -0.2) is 27.8 Å². The molecule has 0 fully saturated rings. The molecule has 0 saturated carbocycles. The van der Waals surface area contributed by atoms with E-state index < -0.39 is 17.7 Å². The third-order valence-corrected chi connectivity index (χ3v) is 3.46. The molecule has 9 heteroatoms. The Kier molecular flexibility index (Phi) is 6.76. The number of rotatable bonds is 9. The van der Waals surface area contributed by atoms with E-state index in [1.807, 2.05) is 0 Å². The van der Waals surface area contributed by atoms with Gasteiger partial charge in [0.05, 0.1) is 18.4 Å². The zero-order chi connectivity index (χ0) is 19.0. The van der Waals surface area contributed by atoms with Gasteiger partial charge in [-0.2, -0.15) is 13.2 Å². The van der Waals surface area contributed by atoms with Crippen molar-refractivity contribution in [3.63, 3.8) is 0 Å². The van der Waals surface area contributed by atoms with Gasteiger partial charge in [-0.25, -0.2) is 4.98 Å². The number of halogens is 3. The van der Waals surface area contributed by atoms with Crippen LogP contribution in [0.5, 0.6) is 0 Å². The average molecular weight is 368 g/mol. The molecule has 0 saturated heterocycles. The molecule has 1 heterocycles. The Bertz CT molecular complexity index is 743. The second-order valence-corrected chi connectivity index (χ2v) is 5.51. The van der Waals surface area contributed by atoms with Gasteiger partial charge in [0.2, 0.25) is 0 Å². The van der Waals surface area contributed by atoms with Crippen molar-refractivity contribution in [2.75, 3.05) is 6.61 Å². The average Bonchev–Trinajstić information content (AvgIpc) is 3.09. The van der Waals surface area contributed by atoms with Gasteiger partial charge in [-0.15, -0.1) is 0 Å². The monoisotopic (exact) mass is 368 g/mol. The molecule has 2 aromatic rings. The first kappa shape index (κ1) is 19.5. The number of nitrogens with zero attached hydrogens (tertiary/aromatic N) is 3. The topological polar surface area (TPSA) is 79.5 Å². The summed E-state index contributed by atoms with van der Waals surface area (Å²) in [5, 5.41) is 14.3. The van der Waals surface area contributed by atoms with Gasteiger partial charge in [0.15, 0.2) is 0 Å². The molecule has 1 aromatic heterocycles. The van der Waals surface area contributed by atoms with Crippen LogP contribution in [0.2, 0.25) is 0 Å². The fourth-order valence-corrected chi connectivity index (χ4v) is 2.16. The van der Waals surface area contributed by atoms with E-state index in [1.165, 1.54) is 18.5 Å². The van der Waals surface area contributed by atoms with E-state index in [9.17, 15) is 23.1 Å². The van der Waals surface area contributed by atoms with Gasteiger partial charge in [-0.1, -0.05) is 17.3 Å². The number of unbranched alkanes of at least 4 members (excludes halogenated alkanes) is 1. The molecule has 26 heavy (non-hydrogen) atoms. The number of aromatic nitrogens is 2. The summed E-state index contributed by atoms with van der Waals surface area (Å²) in [6.07, 6.45) is 0.998. The number of imidazole rings is 1. The van der Waals surface area contributed by atoms with Gasteiger partial charge in [0.25, 0.3) is 0 Å². The minimum atomic E-state index is -4.46. The molecule has 140 valence electrons. The van der Waals surface area contributed by atoms with Crippen molar-refractivity contribution < 1.29 is 27.9 Å². The zero-order valence-electron chi connectivity index (χ0n) is 13.8. The van der Waals surface area contributed by atoms with E-state index >= 15 is 0 Å². The van der Waals surface area contributed by atoms with Crippen LogP contribution in [0.4, 0.5) is 13.2 Å². The summed E-state index contributed by atoms with van der Waals surface area (Å²) in [6, 6.07) is 4.82. The number of carbonyl (C=O) groups is 1. The third-order valence-electron chi connectivity index (χ3n) is 3.46. The minimum absolute atomic E-state index is 0.0808. The molecule has 0 amide bonds. The lowest BCUT2D eigenvalue weighted by Crippen LogP contribution is -2.21. The molecular formula is C17H17F3N3O3-. The van der Waals surface area contributed by atoms with Crippen molar-refractivity contribution in [1.82, 2.24) is 9.55 Å². The molecule has 0 unspecified atom stereocenters. The van der Waals surface area contributed by atoms with Crippen LogP contribution < -0.4 is 5.11 Å². The lowest BCUT2D eigenvalue weighted by atomic mass is 10.1. The fraction of sp³-hybridized carbons (Fsp3) is 0.353.